The van der Waals surface area contributed by atoms with E-state index < -0.39 is 4.92 Å². The Hall–Kier alpha value is -3.46. The summed E-state index contributed by atoms with van der Waals surface area (Å²) in [6.45, 7) is 8.36. The molecule has 1 amide bonds. The van der Waals surface area contributed by atoms with E-state index in [0.717, 1.165) is 29.7 Å². The number of hydrogen-bond acceptors (Lipinski definition) is 6. The highest BCUT2D eigenvalue weighted by molar-refractivity contribution is 7.99. The first-order valence-corrected chi connectivity index (χ1v) is 11.3. The van der Waals surface area contributed by atoms with Crippen LogP contribution in [0.1, 0.15) is 25.0 Å². The number of amides is 1. The number of rotatable bonds is 10. The van der Waals surface area contributed by atoms with Gasteiger partial charge in [-0.15, -0.1) is 16.8 Å². The topological polar surface area (TPSA) is 103 Å². The molecule has 32 heavy (non-hydrogen) atoms. The minimum Gasteiger partial charge on any atom is -0.325 e. The minimum atomic E-state index is -0.446. The van der Waals surface area contributed by atoms with Gasteiger partial charge in [0.1, 0.15) is 0 Å². The van der Waals surface area contributed by atoms with Gasteiger partial charge in [0.25, 0.3) is 5.69 Å². The van der Waals surface area contributed by atoms with Crippen molar-refractivity contribution in [1.82, 2.24) is 14.8 Å². The number of non-ortho nitro benzene ring substituents is 1. The summed E-state index contributed by atoms with van der Waals surface area (Å²) in [5.41, 5.74) is 3.82. The molecule has 8 nitrogen and oxygen atoms in total. The quantitative estimate of drug-likeness (QED) is 0.204. The number of nitro groups is 1. The molecule has 0 aliphatic heterocycles. The van der Waals surface area contributed by atoms with Crippen molar-refractivity contribution in [3.63, 3.8) is 0 Å². The number of carbonyl (C=O) groups is 1. The number of carbonyl (C=O) groups excluding carboxylic acids is 1. The molecular formula is C23H25N5O3S. The molecule has 2 aromatic carbocycles. The Morgan fingerprint density at radius 3 is 2.38 bits per heavy atom. The number of anilines is 1. The molecule has 0 fully saturated rings. The van der Waals surface area contributed by atoms with E-state index in [2.05, 4.69) is 35.9 Å². The summed E-state index contributed by atoms with van der Waals surface area (Å²) < 4.78 is 1.84. The van der Waals surface area contributed by atoms with Crippen molar-refractivity contribution >= 4 is 29.0 Å². The first-order chi connectivity index (χ1) is 15.5. The summed E-state index contributed by atoms with van der Waals surface area (Å²) in [7, 11) is 0. The van der Waals surface area contributed by atoms with Crippen LogP contribution in [0.25, 0.3) is 11.4 Å². The summed E-state index contributed by atoms with van der Waals surface area (Å²) in [4.78, 5) is 23.2. The van der Waals surface area contributed by atoms with Crippen molar-refractivity contribution in [2.45, 2.75) is 38.4 Å². The van der Waals surface area contributed by atoms with Crippen LogP contribution in [0.5, 0.6) is 0 Å². The zero-order valence-corrected chi connectivity index (χ0v) is 18.9. The monoisotopic (exact) mass is 451 g/mol. The van der Waals surface area contributed by atoms with Gasteiger partial charge < -0.3 is 5.32 Å². The molecule has 1 aromatic heterocycles. The summed E-state index contributed by atoms with van der Waals surface area (Å²) in [6, 6.07) is 12.2. The minimum absolute atomic E-state index is 0.00798. The number of allylic oxidation sites excluding steroid dienone is 1. The molecule has 0 atom stereocenters. The Morgan fingerprint density at radius 2 is 1.81 bits per heavy atom. The molecule has 3 rings (SSSR count). The van der Waals surface area contributed by atoms with Gasteiger partial charge >= 0.3 is 0 Å². The van der Waals surface area contributed by atoms with Gasteiger partial charge in [0.15, 0.2) is 11.0 Å². The van der Waals surface area contributed by atoms with Crippen LogP contribution in [0.2, 0.25) is 0 Å². The number of benzene rings is 2. The second-order valence-electron chi connectivity index (χ2n) is 7.00. The van der Waals surface area contributed by atoms with Crippen LogP contribution in [0.3, 0.4) is 0 Å². The number of thioether (sulfide) groups is 1. The molecule has 1 N–H and O–H groups in total. The van der Waals surface area contributed by atoms with E-state index in [9.17, 15) is 14.9 Å². The van der Waals surface area contributed by atoms with Gasteiger partial charge in [-0.2, -0.15) is 0 Å². The van der Waals surface area contributed by atoms with E-state index in [0.29, 0.717) is 23.1 Å². The standard InChI is InChI=1S/C23H25N5O3S/c1-4-14-27-22(18-10-12-19(13-11-18)28(30)31)25-26-23(27)32-15-20(29)24-21-16(5-2)8-7-9-17(21)6-3/h4,7-13H,1,5-6,14-15H2,2-3H3,(H,24,29). The lowest BCUT2D eigenvalue weighted by Crippen LogP contribution is -2.17. The molecule has 166 valence electrons. The molecule has 9 heteroatoms. The lowest BCUT2D eigenvalue weighted by atomic mass is 10.0. The zero-order valence-electron chi connectivity index (χ0n) is 18.1. The molecule has 0 spiro atoms. The highest BCUT2D eigenvalue weighted by atomic mass is 32.2. The highest BCUT2D eigenvalue weighted by Gasteiger charge is 2.17. The average Bonchev–Trinajstić information content (AvgIpc) is 3.20. The van der Waals surface area contributed by atoms with Crippen LogP contribution >= 0.6 is 11.8 Å². The normalized spacial score (nSPS) is 10.7. The number of aryl methyl sites for hydroxylation is 2. The first-order valence-electron chi connectivity index (χ1n) is 10.3. The maximum Gasteiger partial charge on any atom is 0.269 e. The molecule has 0 unspecified atom stereocenters. The van der Waals surface area contributed by atoms with Crippen LogP contribution in [0, 0.1) is 10.1 Å². The summed E-state index contributed by atoms with van der Waals surface area (Å²) in [5, 5.41) is 23.0. The largest absolute Gasteiger partial charge is 0.325 e. The first kappa shape index (κ1) is 23.2. The van der Waals surface area contributed by atoms with E-state index in [1.54, 1.807) is 18.2 Å². The van der Waals surface area contributed by atoms with Crippen molar-refractivity contribution in [2.75, 3.05) is 11.1 Å². The third-order valence-corrected chi connectivity index (χ3v) is 5.93. The molecule has 0 aliphatic carbocycles. The van der Waals surface area contributed by atoms with Gasteiger partial charge in [0.2, 0.25) is 5.91 Å². The number of para-hydroxylation sites is 1. The number of aromatic nitrogens is 3. The van der Waals surface area contributed by atoms with Crippen LogP contribution in [0.4, 0.5) is 11.4 Å². The number of hydrogen-bond donors (Lipinski definition) is 1. The molecule has 0 aliphatic rings. The Balaban J connectivity index is 1.76. The van der Waals surface area contributed by atoms with Crippen molar-refractivity contribution in [3.05, 3.63) is 76.4 Å². The third-order valence-electron chi connectivity index (χ3n) is 4.96. The fourth-order valence-electron chi connectivity index (χ4n) is 3.34. The Morgan fingerprint density at radius 1 is 1.16 bits per heavy atom. The second kappa shape index (κ2) is 10.7. The van der Waals surface area contributed by atoms with Crippen molar-refractivity contribution in [1.29, 1.82) is 0 Å². The van der Waals surface area contributed by atoms with Crippen LogP contribution < -0.4 is 5.32 Å². The van der Waals surface area contributed by atoms with Crippen LogP contribution in [0.15, 0.2) is 60.3 Å². The second-order valence-corrected chi connectivity index (χ2v) is 7.95. The van der Waals surface area contributed by atoms with E-state index in [1.165, 1.54) is 23.9 Å². The molecule has 0 radical (unpaired) electrons. The Bertz CT molecular complexity index is 1100. The Kier molecular flexibility index (Phi) is 7.77. The molecule has 0 saturated carbocycles. The zero-order chi connectivity index (χ0) is 23.1. The van der Waals surface area contributed by atoms with Gasteiger partial charge in [-0.25, -0.2) is 0 Å². The summed E-state index contributed by atoms with van der Waals surface area (Å²) in [6.07, 6.45) is 3.39. The fourth-order valence-corrected chi connectivity index (χ4v) is 4.09. The van der Waals surface area contributed by atoms with E-state index >= 15 is 0 Å². The van der Waals surface area contributed by atoms with Gasteiger partial charge in [0.05, 0.1) is 10.7 Å². The van der Waals surface area contributed by atoms with Crippen molar-refractivity contribution < 1.29 is 9.72 Å². The van der Waals surface area contributed by atoms with Gasteiger partial charge in [-0.1, -0.05) is 49.9 Å². The summed E-state index contributed by atoms with van der Waals surface area (Å²) in [5.74, 6) is 0.624. The van der Waals surface area contributed by atoms with E-state index in [-0.39, 0.29) is 17.3 Å². The summed E-state index contributed by atoms with van der Waals surface area (Å²) >= 11 is 1.29. The SMILES string of the molecule is C=CCn1c(SCC(=O)Nc2c(CC)cccc2CC)nnc1-c1ccc([N+](=O)[O-])cc1. The highest BCUT2D eigenvalue weighted by Crippen LogP contribution is 2.27. The number of nitrogens with one attached hydrogen (secondary N) is 1. The number of nitrogens with zero attached hydrogens (tertiary/aromatic N) is 4. The van der Waals surface area contributed by atoms with Crippen molar-refractivity contribution in [2.24, 2.45) is 0 Å². The molecule has 0 saturated heterocycles. The maximum atomic E-state index is 12.7. The van der Waals surface area contributed by atoms with E-state index in [1.807, 2.05) is 22.8 Å². The Labute approximate surface area is 190 Å². The molecule has 0 bridgehead atoms. The number of nitro benzene ring substituents is 1. The third kappa shape index (κ3) is 5.23. The molecular weight excluding hydrogens is 426 g/mol. The van der Waals surface area contributed by atoms with Gasteiger partial charge in [0, 0.05) is 29.9 Å². The van der Waals surface area contributed by atoms with Crippen molar-refractivity contribution in [3.8, 4) is 11.4 Å². The van der Waals surface area contributed by atoms with Gasteiger partial charge in [-0.3, -0.25) is 19.5 Å². The predicted octanol–water partition coefficient (Wildman–Crippen LogP) is 4.89. The maximum absolute atomic E-state index is 12.7. The predicted molar refractivity (Wildman–Crippen MR) is 127 cm³/mol. The van der Waals surface area contributed by atoms with Crippen LogP contribution in [-0.4, -0.2) is 31.3 Å². The lowest BCUT2D eigenvalue weighted by molar-refractivity contribution is -0.384. The van der Waals surface area contributed by atoms with E-state index in [4.69, 9.17) is 0 Å². The smallest absolute Gasteiger partial charge is 0.269 e. The fraction of sp³-hybridized carbons (Fsp3) is 0.261. The lowest BCUT2D eigenvalue weighted by Gasteiger charge is -2.14. The average molecular weight is 452 g/mol. The van der Waals surface area contributed by atoms with Crippen LogP contribution in [-0.2, 0) is 24.2 Å². The molecule has 1 heterocycles. The molecule has 3 aromatic rings. The van der Waals surface area contributed by atoms with Gasteiger partial charge in [-0.05, 0) is 36.1 Å².